The van der Waals surface area contributed by atoms with Gasteiger partial charge in [-0.15, -0.1) is 0 Å². The van der Waals surface area contributed by atoms with Gasteiger partial charge in [0.2, 0.25) is 0 Å². The first-order valence-electron chi connectivity index (χ1n) is 6.51. The summed E-state index contributed by atoms with van der Waals surface area (Å²) in [6, 6.07) is 5.76. The van der Waals surface area contributed by atoms with Gasteiger partial charge in [0.05, 0.1) is 5.69 Å². The molecule has 2 rings (SSSR count). The molecular formula is C14H22FN3. The number of anilines is 1. The smallest absolute Gasteiger partial charge is 0.146 e. The summed E-state index contributed by atoms with van der Waals surface area (Å²) in [7, 11) is 4.12. The average molecular weight is 251 g/mol. The Morgan fingerprint density at radius 2 is 2.22 bits per heavy atom. The third-order valence-electron chi connectivity index (χ3n) is 3.51. The Morgan fingerprint density at radius 1 is 1.44 bits per heavy atom. The van der Waals surface area contributed by atoms with E-state index in [9.17, 15) is 4.39 Å². The molecular weight excluding hydrogens is 229 g/mol. The zero-order valence-corrected chi connectivity index (χ0v) is 11.2. The molecule has 1 unspecified atom stereocenters. The largest absolute Gasteiger partial charge is 0.365 e. The van der Waals surface area contributed by atoms with Crippen LogP contribution in [0.2, 0.25) is 0 Å². The van der Waals surface area contributed by atoms with Crippen LogP contribution < -0.4 is 10.6 Å². The molecule has 3 nitrogen and oxygen atoms in total. The fourth-order valence-corrected chi connectivity index (χ4v) is 2.67. The first-order valence-corrected chi connectivity index (χ1v) is 6.51. The first-order chi connectivity index (χ1) is 8.61. The van der Waals surface area contributed by atoms with Gasteiger partial charge < -0.3 is 15.5 Å². The summed E-state index contributed by atoms with van der Waals surface area (Å²) < 4.78 is 14.1. The number of rotatable bonds is 4. The van der Waals surface area contributed by atoms with Gasteiger partial charge in [-0.05, 0) is 44.6 Å². The molecule has 4 heteroatoms. The normalized spacial score (nSPS) is 19.8. The lowest BCUT2D eigenvalue weighted by atomic mass is 10.1. The molecule has 1 atom stereocenters. The molecule has 0 amide bonds. The van der Waals surface area contributed by atoms with Gasteiger partial charge in [-0.25, -0.2) is 4.39 Å². The first kappa shape index (κ1) is 13.3. The predicted molar refractivity (Wildman–Crippen MR) is 73.2 cm³/mol. The van der Waals surface area contributed by atoms with E-state index in [2.05, 4.69) is 23.9 Å². The zero-order valence-electron chi connectivity index (χ0n) is 11.2. The van der Waals surface area contributed by atoms with E-state index in [1.165, 1.54) is 0 Å². The number of halogens is 1. The molecule has 0 bridgehead atoms. The van der Waals surface area contributed by atoms with E-state index in [1.807, 2.05) is 12.1 Å². The molecule has 1 aromatic rings. The molecule has 1 saturated heterocycles. The van der Waals surface area contributed by atoms with Gasteiger partial charge in [0, 0.05) is 25.7 Å². The van der Waals surface area contributed by atoms with Gasteiger partial charge in [-0.3, -0.25) is 0 Å². The fourth-order valence-electron chi connectivity index (χ4n) is 2.67. The molecule has 0 radical (unpaired) electrons. The summed E-state index contributed by atoms with van der Waals surface area (Å²) in [5.74, 6) is -0.149. The minimum atomic E-state index is -0.149. The molecule has 1 aliphatic heterocycles. The van der Waals surface area contributed by atoms with E-state index < -0.39 is 0 Å². The molecule has 0 saturated carbocycles. The van der Waals surface area contributed by atoms with Gasteiger partial charge >= 0.3 is 0 Å². The lowest BCUT2D eigenvalue weighted by Gasteiger charge is -2.29. The minimum Gasteiger partial charge on any atom is -0.365 e. The summed E-state index contributed by atoms with van der Waals surface area (Å²) in [5.41, 5.74) is 7.09. The van der Waals surface area contributed by atoms with Crippen LogP contribution in [-0.2, 0) is 6.54 Å². The van der Waals surface area contributed by atoms with Crippen molar-refractivity contribution in [3.05, 3.63) is 29.6 Å². The Labute approximate surface area is 108 Å². The van der Waals surface area contributed by atoms with Crippen molar-refractivity contribution in [1.29, 1.82) is 0 Å². The number of nitrogens with two attached hydrogens (primary N) is 1. The standard InChI is InChI=1S/C14H22FN3/c1-17(2)10-12-4-3-7-18(12)14-6-5-11(9-16)8-13(14)15/h5-6,8,12H,3-4,7,9-10,16H2,1-2H3. The van der Waals surface area contributed by atoms with Crippen LogP contribution in [0, 0.1) is 5.82 Å². The maximum absolute atomic E-state index is 14.1. The molecule has 18 heavy (non-hydrogen) atoms. The van der Waals surface area contributed by atoms with E-state index in [0.717, 1.165) is 37.2 Å². The fraction of sp³-hybridized carbons (Fsp3) is 0.571. The van der Waals surface area contributed by atoms with Crippen molar-refractivity contribution in [3.8, 4) is 0 Å². The summed E-state index contributed by atoms with van der Waals surface area (Å²) in [6.45, 7) is 2.30. The Morgan fingerprint density at radius 3 is 2.83 bits per heavy atom. The number of hydrogen-bond acceptors (Lipinski definition) is 3. The van der Waals surface area contributed by atoms with Crippen LogP contribution in [0.4, 0.5) is 10.1 Å². The molecule has 2 N–H and O–H groups in total. The second kappa shape index (κ2) is 5.67. The van der Waals surface area contributed by atoms with Gasteiger partial charge in [-0.1, -0.05) is 6.07 Å². The van der Waals surface area contributed by atoms with Crippen molar-refractivity contribution in [1.82, 2.24) is 4.90 Å². The third-order valence-corrected chi connectivity index (χ3v) is 3.51. The average Bonchev–Trinajstić information content (AvgIpc) is 2.76. The van der Waals surface area contributed by atoms with Gasteiger partial charge in [0.1, 0.15) is 5.82 Å². The molecule has 1 heterocycles. The molecule has 0 spiro atoms. The van der Waals surface area contributed by atoms with Crippen molar-refractivity contribution in [2.24, 2.45) is 5.73 Å². The van der Waals surface area contributed by atoms with Crippen LogP contribution in [-0.4, -0.2) is 38.1 Å². The summed E-state index contributed by atoms with van der Waals surface area (Å²) in [4.78, 5) is 4.35. The van der Waals surface area contributed by atoms with Crippen LogP contribution in [0.15, 0.2) is 18.2 Å². The van der Waals surface area contributed by atoms with Crippen LogP contribution in [0.1, 0.15) is 18.4 Å². The van der Waals surface area contributed by atoms with E-state index in [4.69, 9.17) is 5.73 Å². The summed E-state index contributed by atoms with van der Waals surface area (Å²) in [5, 5.41) is 0. The van der Waals surface area contributed by atoms with Gasteiger partial charge in [0.25, 0.3) is 0 Å². The Bertz CT molecular complexity index is 406. The van der Waals surface area contributed by atoms with Crippen LogP contribution in [0.3, 0.4) is 0 Å². The van der Waals surface area contributed by atoms with E-state index in [0.29, 0.717) is 12.6 Å². The highest BCUT2D eigenvalue weighted by Crippen LogP contribution is 2.28. The van der Waals surface area contributed by atoms with Gasteiger partial charge in [0.15, 0.2) is 0 Å². The number of benzene rings is 1. The molecule has 0 aliphatic carbocycles. The molecule has 100 valence electrons. The van der Waals surface area contributed by atoms with Crippen molar-refractivity contribution >= 4 is 5.69 Å². The highest BCUT2D eigenvalue weighted by Gasteiger charge is 2.26. The lowest BCUT2D eigenvalue weighted by molar-refractivity contribution is 0.371. The second-order valence-electron chi connectivity index (χ2n) is 5.24. The van der Waals surface area contributed by atoms with Crippen LogP contribution >= 0.6 is 0 Å². The number of likely N-dealkylation sites (N-methyl/N-ethyl adjacent to an activating group) is 1. The SMILES string of the molecule is CN(C)CC1CCCN1c1ccc(CN)cc1F. The van der Waals surface area contributed by atoms with E-state index in [1.54, 1.807) is 6.07 Å². The zero-order chi connectivity index (χ0) is 13.1. The Kier molecular flexibility index (Phi) is 4.19. The predicted octanol–water partition coefficient (Wildman–Crippen LogP) is 1.81. The van der Waals surface area contributed by atoms with Crippen molar-refractivity contribution in [3.63, 3.8) is 0 Å². The highest BCUT2D eigenvalue weighted by atomic mass is 19.1. The Hall–Kier alpha value is -1.13. The molecule has 0 aromatic heterocycles. The Balaban J connectivity index is 2.19. The second-order valence-corrected chi connectivity index (χ2v) is 5.24. The van der Waals surface area contributed by atoms with E-state index >= 15 is 0 Å². The molecule has 1 fully saturated rings. The third kappa shape index (κ3) is 2.82. The monoisotopic (exact) mass is 251 g/mol. The van der Waals surface area contributed by atoms with E-state index in [-0.39, 0.29) is 5.82 Å². The van der Waals surface area contributed by atoms with Crippen molar-refractivity contribution in [2.75, 3.05) is 32.1 Å². The molecule has 1 aromatic carbocycles. The highest BCUT2D eigenvalue weighted by molar-refractivity contribution is 5.51. The topological polar surface area (TPSA) is 32.5 Å². The number of hydrogen-bond donors (Lipinski definition) is 1. The maximum Gasteiger partial charge on any atom is 0.146 e. The number of nitrogens with zero attached hydrogens (tertiary/aromatic N) is 2. The quantitative estimate of drug-likeness (QED) is 0.886. The van der Waals surface area contributed by atoms with Crippen molar-refractivity contribution in [2.45, 2.75) is 25.4 Å². The summed E-state index contributed by atoms with van der Waals surface area (Å²) in [6.07, 6.45) is 2.27. The van der Waals surface area contributed by atoms with Crippen LogP contribution in [0.25, 0.3) is 0 Å². The van der Waals surface area contributed by atoms with Crippen LogP contribution in [0.5, 0.6) is 0 Å². The van der Waals surface area contributed by atoms with Gasteiger partial charge in [-0.2, -0.15) is 0 Å². The maximum atomic E-state index is 14.1. The lowest BCUT2D eigenvalue weighted by Crippen LogP contribution is -2.38. The van der Waals surface area contributed by atoms with Crippen molar-refractivity contribution < 1.29 is 4.39 Å². The molecule has 1 aliphatic rings. The minimum absolute atomic E-state index is 0.149. The summed E-state index contributed by atoms with van der Waals surface area (Å²) >= 11 is 0.